The van der Waals surface area contributed by atoms with E-state index in [9.17, 15) is 9.59 Å². The number of carbonyl (C=O) groups excluding carboxylic acids is 2. The van der Waals surface area contributed by atoms with E-state index >= 15 is 0 Å². The summed E-state index contributed by atoms with van der Waals surface area (Å²) in [6, 6.07) is 14.9. The van der Waals surface area contributed by atoms with Gasteiger partial charge in [-0.05, 0) is 42.5 Å². The van der Waals surface area contributed by atoms with Crippen LogP contribution in [-0.2, 0) is 4.79 Å². The van der Waals surface area contributed by atoms with Crippen molar-refractivity contribution < 1.29 is 9.59 Å². The normalized spacial score (nSPS) is 14.4. The fourth-order valence-electron chi connectivity index (χ4n) is 3.01. The van der Waals surface area contributed by atoms with Crippen molar-refractivity contribution in [2.24, 2.45) is 5.92 Å². The Bertz CT molecular complexity index is 812. The van der Waals surface area contributed by atoms with E-state index in [0.29, 0.717) is 24.3 Å². The quantitative estimate of drug-likeness (QED) is 0.868. The van der Waals surface area contributed by atoms with Crippen LogP contribution in [0.2, 0.25) is 5.02 Å². The number of amides is 2. The van der Waals surface area contributed by atoms with E-state index in [0.717, 1.165) is 23.8 Å². The van der Waals surface area contributed by atoms with Crippen molar-refractivity contribution in [2.75, 3.05) is 36.4 Å². The van der Waals surface area contributed by atoms with Gasteiger partial charge in [-0.15, -0.1) is 0 Å². The number of carbonyl (C=O) groups is 2. The molecule has 142 valence electrons. The van der Waals surface area contributed by atoms with E-state index in [-0.39, 0.29) is 17.7 Å². The molecule has 0 aliphatic carbocycles. The molecule has 1 aliphatic heterocycles. The van der Waals surface area contributed by atoms with Crippen LogP contribution < -0.4 is 10.2 Å². The lowest BCUT2D eigenvalue weighted by atomic mass is 10.1. The molecule has 1 aliphatic rings. The summed E-state index contributed by atoms with van der Waals surface area (Å²) in [5.41, 5.74) is 2.42. The first-order valence-corrected chi connectivity index (χ1v) is 9.52. The lowest BCUT2D eigenvalue weighted by Crippen LogP contribution is -2.48. The highest BCUT2D eigenvalue weighted by Crippen LogP contribution is 2.21. The third-order valence-electron chi connectivity index (χ3n) is 4.66. The maximum Gasteiger partial charge on any atom is 0.253 e. The van der Waals surface area contributed by atoms with Crippen LogP contribution in [0.1, 0.15) is 24.2 Å². The average Bonchev–Trinajstić information content (AvgIpc) is 2.68. The second-order valence-corrected chi connectivity index (χ2v) is 7.42. The molecule has 1 heterocycles. The zero-order valence-corrected chi connectivity index (χ0v) is 16.4. The van der Waals surface area contributed by atoms with Gasteiger partial charge >= 0.3 is 0 Å². The van der Waals surface area contributed by atoms with Crippen molar-refractivity contribution in [3.63, 3.8) is 0 Å². The Morgan fingerprint density at radius 1 is 1.00 bits per heavy atom. The molecule has 5 nitrogen and oxygen atoms in total. The van der Waals surface area contributed by atoms with E-state index in [4.69, 9.17) is 11.6 Å². The molecule has 27 heavy (non-hydrogen) atoms. The Morgan fingerprint density at radius 2 is 1.67 bits per heavy atom. The highest BCUT2D eigenvalue weighted by molar-refractivity contribution is 6.30. The van der Waals surface area contributed by atoms with Gasteiger partial charge in [-0.25, -0.2) is 0 Å². The number of anilines is 2. The topological polar surface area (TPSA) is 52.7 Å². The molecule has 1 N–H and O–H groups in total. The second kappa shape index (κ2) is 8.44. The predicted octanol–water partition coefficient (Wildman–Crippen LogP) is 3.90. The Morgan fingerprint density at radius 3 is 2.26 bits per heavy atom. The van der Waals surface area contributed by atoms with Gasteiger partial charge in [0.15, 0.2) is 0 Å². The number of piperazine rings is 1. The number of hydrogen-bond donors (Lipinski definition) is 1. The molecular weight excluding hydrogens is 362 g/mol. The largest absolute Gasteiger partial charge is 0.368 e. The van der Waals surface area contributed by atoms with Gasteiger partial charge in [0, 0.05) is 54.1 Å². The lowest BCUT2D eigenvalue weighted by Gasteiger charge is -2.36. The fourth-order valence-corrected chi connectivity index (χ4v) is 3.19. The van der Waals surface area contributed by atoms with E-state index in [1.165, 1.54) is 0 Å². The maximum absolute atomic E-state index is 12.7. The van der Waals surface area contributed by atoms with Crippen LogP contribution in [0.15, 0.2) is 48.5 Å². The molecule has 2 aromatic carbocycles. The van der Waals surface area contributed by atoms with Crippen LogP contribution in [0.4, 0.5) is 11.4 Å². The lowest BCUT2D eigenvalue weighted by molar-refractivity contribution is -0.118. The Balaban J connectivity index is 1.58. The van der Waals surface area contributed by atoms with Crippen LogP contribution in [0.25, 0.3) is 0 Å². The van der Waals surface area contributed by atoms with Gasteiger partial charge in [-0.3, -0.25) is 9.59 Å². The van der Waals surface area contributed by atoms with Gasteiger partial charge in [0.05, 0.1) is 0 Å². The average molecular weight is 386 g/mol. The Hall–Kier alpha value is -2.53. The highest BCUT2D eigenvalue weighted by atomic mass is 35.5. The van der Waals surface area contributed by atoms with Crippen LogP contribution in [0, 0.1) is 5.92 Å². The SMILES string of the molecule is CC(C)C(=O)Nc1ccc(C(=O)N2CCN(c3cccc(Cl)c3)CC2)cc1. The van der Waals surface area contributed by atoms with Gasteiger partial charge in [-0.1, -0.05) is 31.5 Å². The van der Waals surface area contributed by atoms with Crippen molar-refractivity contribution in [3.05, 3.63) is 59.1 Å². The molecular formula is C21H24ClN3O2. The Kier molecular flexibility index (Phi) is 6.01. The number of nitrogens with one attached hydrogen (secondary N) is 1. The van der Waals surface area contributed by atoms with E-state index in [1.807, 2.05) is 43.0 Å². The minimum atomic E-state index is -0.0814. The number of nitrogens with zero attached hydrogens (tertiary/aromatic N) is 2. The molecule has 0 unspecified atom stereocenters. The summed E-state index contributed by atoms with van der Waals surface area (Å²) < 4.78 is 0. The van der Waals surface area contributed by atoms with Crippen LogP contribution in [-0.4, -0.2) is 42.9 Å². The summed E-state index contributed by atoms with van der Waals surface area (Å²) in [6.07, 6.45) is 0. The molecule has 1 saturated heterocycles. The first-order chi connectivity index (χ1) is 12.9. The maximum atomic E-state index is 12.7. The Labute approximate surface area is 164 Å². The first kappa shape index (κ1) is 19.2. The minimum absolute atomic E-state index is 0.0162. The zero-order valence-electron chi connectivity index (χ0n) is 15.6. The fraction of sp³-hybridized carbons (Fsp3) is 0.333. The molecule has 6 heteroatoms. The van der Waals surface area contributed by atoms with Gasteiger partial charge in [0.1, 0.15) is 0 Å². The molecule has 0 spiro atoms. The molecule has 0 aromatic heterocycles. The number of benzene rings is 2. The number of halogens is 1. The summed E-state index contributed by atoms with van der Waals surface area (Å²) in [5, 5.41) is 3.55. The summed E-state index contributed by atoms with van der Waals surface area (Å²) in [5.74, 6) is -0.101. The van der Waals surface area contributed by atoms with Crippen molar-refractivity contribution in [2.45, 2.75) is 13.8 Å². The molecule has 2 aromatic rings. The molecule has 0 radical (unpaired) electrons. The molecule has 0 bridgehead atoms. The van der Waals surface area contributed by atoms with Crippen LogP contribution >= 0.6 is 11.6 Å². The van der Waals surface area contributed by atoms with Crippen molar-refractivity contribution >= 4 is 34.8 Å². The van der Waals surface area contributed by atoms with Crippen LogP contribution in [0.3, 0.4) is 0 Å². The van der Waals surface area contributed by atoms with Gasteiger partial charge in [-0.2, -0.15) is 0 Å². The summed E-state index contributed by atoms with van der Waals surface area (Å²) in [6.45, 7) is 6.56. The molecule has 3 rings (SSSR count). The standard InChI is InChI=1S/C21H24ClN3O2/c1-15(2)20(26)23-18-8-6-16(7-9-18)21(27)25-12-10-24(11-13-25)19-5-3-4-17(22)14-19/h3-9,14-15H,10-13H2,1-2H3,(H,23,26). The smallest absolute Gasteiger partial charge is 0.253 e. The van der Waals surface area contributed by atoms with Crippen molar-refractivity contribution in [3.8, 4) is 0 Å². The monoisotopic (exact) mass is 385 g/mol. The summed E-state index contributed by atoms with van der Waals surface area (Å²) in [4.78, 5) is 28.6. The van der Waals surface area contributed by atoms with E-state index in [2.05, 4.69) is 10.2 Å². The van der Waals surface area contributed by atoms with Crippen LogP contribution in [0.5, 0.6) is 0 Å². The van der Waals surface area contributed by atoms with Crippen molar-refractivity contribution in [1.29, 1.82) is 0 Å². The summed E-state index contributed by atoms with van der Waals surface area (Å²) in [7, 11) is 0. The van der Waals surface area contributed by atoms with E-state index in [1.54, 1.807) is 24.3 Å². The first-order valence-electron chi connectivity index (χ1n) is 9.15. The van der Waals surface area contributed by atoms with Gasteiger partial charge in [0.2, 0.25) is 5.91 Å². The van der Waals surface area contributed by atoms with Crippen molar-refractivity contribution in [1.82, 2.24) is 4.90 Å². The second-order valence-electron chi connectivity index (χ2n) is 6.98. The number of rotatable bonds is 4. The molecule has 1 fully saturated rings. The third kappa shape index (κ3) is 4.80. The van der Waals surface area contributed by atoms with E-state index < -0.39 is 0 Å². The van der Waals surface area contributed by atoms with Gasteiger partial charge in [0.25, 0.3) is 5.91 Å². The highest BCUT2D eigenvalue weighted by Gasteiger charge is 2.22. The third-order valence-corrected chi connectivity index (χ3v) is 4.90. The summed E-state index contributed by atoms with van der Waals surface area (Å²) >= 11 is 6.07. The van der Waals surface area contributed by atoms with Gasteiger partial charge < -0.3 is 15.1 Å². The minimum Gasteiger partial charge on any atom is -0.368 e. The zero-order chi connectivity index (χ0) is 19.4. The molecule has 0 atom stereocenters. The number of hydrogen-bond acceptors (Lipinski definition) is 3. The predicted molar refractivity (Wildman–Crippen MR) is 109 cm³/mol. The molecule has 0 saturated carbocycles. The molecule has 2 amide bonds.